The van der Waals surface area contributed by atoms with E-state index >= 15 is 0 Å². The number of nitrogens with zero attached hydrogens (tertiary/aromatic N) is 2. The summed E-state index contributed by atoms with van der Waals surface area (Å²) in [4.78, 5) is 6.67. The second-order valence-corrected chi connectivity index (χ2v) is 4.46. The topological polar surface area (TPSA) is 42.1 Å². The second-order valence-electron chi connectivity index (χ2n) is 4.46. The molecule has 1 aliphatic rings. The number of aryl methyl sites for hydroxylation is 1. The molecule has 3 nitrogen and oxygen atoms in total. The van der Waals surface area contributed by atoms with Gasteiger partial charge >= 0.3 is 0 Å². The number of nitrogens with two attached hydrogens (primary N) is 1. The first-order valence-corrected chi connectivity index (χ1v) is 5.57. The maximum absolute atomic E-state index is 6.17. The lowest BCUT2D eigenvalue weighted by Crippen LogP contribution is -2.43. The molecule has 0 spiro atoms. The molecule has 0 bridgehead atoms. The van der Waals surface area contributed by atoms with Crippen LogP contribution in [0.1, 0.15) is 30.1 Å². The number of pyridine rings is 1. The molecule has 0 saturated carbocycles. The van der Waals surface area contributed by atoms with E-state index in [1.807, 2.05) is 13.1 Å². The number of rotatable bonds is 1. The van der Waals surface area contributed by atoms with Gasteiger partial charge in [0.25, 0.3) is 0 Å². The lowest BCUT2D eigenvalue weighted by atomic mass is 9.92. The van der Waals surface area contributed by atoms with E-state index in [1.54, 1.807) is 0 Å². The van der Waals surface area contributed by atoms with Crippen LogP contribution in [0.3, 0.4) is 0 Å². The first kappa shape index (κ1) is 10.6. The Hall–Kier alpha value is -0.930. The Morgan fingerprint density at radius 3 is 2.87 bits per heavy atom. The molecule has 1 aromatic rings. The van der Waals surface area contributed by atoms with Crippen LogP contribution < -0.4 is 5.73 Å². The third kappa shape index (κ3) is 2.19. The summed E-state index contributed by atoms with van der Waals surface area (Å²) in [5.41, 5.74) is 8.48. The Kier molecular flexibility index (Phi) is 3.03. The molecule has 82 valence electrons. The molecule has 3 heteroatoms. The number of piperidine rings is 1. The van der Waals surface area contributed by atoms with Gasteiger partial charge in [-0.2, -0.15) is 0 Å². The summed E-state index contributed by atoms with van der Waals surface area (Å²) in [6.07, 6.45) is 4.28. The highest BCUT2D eigenvalue weighted by molar-refractivity contribution is 5.19. The van der Waals surface area contributed by atoms with E-state index < -0.39 is 0 Å². The monoisotopic (exact) mass is 205 g/mol. The zero-order valence-corrected chi connectivity index (χ0v) is 9.48. The number of likely N-dealkylation sites (N-methyl/N-ethyl adjacent to an activating group) is 1. The van der Waals surface area contributed by atoms with Gasteiger partial charge in [-0.1, -0.05) is 6.07 Å². The normalized spacial score (nSPS) is 27.9. The van der Waals surface area contributed by atoms with Crippen molar-refractivity contribution in [2.24, 2.45) is 5.73 Å². The van der Waals surface area contributed by atoms with E-state index in [4.69, 9.17) is 5.73 Å². The van der Waals surface area contributed by atoms with Crippen molar-refractivity contribution in [3.63, 3.8) is 0 Å². The van der Waals surface area contributed by atoms with E-state index in [2.05, 4.69) is 29.1 Å². The molecule has 15 heavy (non-hydrogen) atoms. The van der Waals surface area contributed by atoms with Crippen molar-refractivity contribution < 1.29 is 0 Å². The predicted octanol–water partition coefficient (Wildman–Crippen LogP) is 1.48. The summed E-state index contributed by atoms with van der Waals surface area (Å²) in [7, 11) is 2.14. The Balaban J connectivity index is 2.23. The van der Waals surface area contributed by atoms with Crippen LogP contribution in [-0.2, 0) is 0 Å². The molecule has 0 aromatic carbocycles. The molecule has 1 saturated heterocycles. The predicted molar refractivity (Wildman–Crippen MR) is 61.6 cm³/mol. The van der Waals surface area contributed by atoms with Crippen LogP contribution in [0, 0.1) is 6.92 Å². The van der Waals surface area contributed by atoms with E-state index in [0.717, 1.165) is 18.7 Å². The summed E-state index contributed by atoms with van der Waals surface area (Å²) in [6, 6.07) is 4.79. The van der Waals surface area contributed by atoms with Gasteiger partial charge in [-0.3, -0.25) is 9.88 Å². The van der Waals surface area contributed by atoms with E-state index in [1.165, 1.54) is 12.0 Å². The van der Waals surface area contributed by atoms with Gasteiger partial charge < -0.3 is 5.73 Å². The zero-order valence-electron chi connectivity index (χ0n) is 9.48. The first-order chi connectivity index (χ1) is 7.18. The van der Waals surface area contributed by atoms with Crippen LogP contribution in [0.25, 0.3) is 0 Å². The molecular weight excluding hydrogens is 186 g/mol. The Morgan fingerprint density at radius 1 is 1.47 bits per heavy atom. The highest BCUT2D eigenvalue weighted by atomic mass is 15.2. The van der Waals surface area contributed by atoms with Crippen LogP contribution in [0.2, 0.25) is 0 Å². The van der Waals surface area contributed by atoms with Gasteiger partial charge in [-0.25, -0.2) is 0 Å². The molecule has 1 fully saturated rings. The fourth-order valence-electron chi connectivity index (χ4n) is 2.36. The fraction of sp³-hybridized carbons (Fsp3) is 0.583. The van der Waals surface area contributed by atoms with Gasteiger partial charge in [-0.15, -0.1) is 0 Å². The molecule has 0 radical (unpaired) electrons. The number of hydrogen-bond donors (Lipinski definition) is 1. The molecule has 2 atom stereocenters. The number of likely N-dealkylation sites (tertiary alicyclic amines) is 1. The molecule has 1 aliphatic heterocycles. The highest BCUT2D eigenvalue weighted by Gasteiger charge is 2.27. The highest BCUT2D eigenvalue weighted by Crippen LogP contribution is 2.28. The first-order valence-electron chi connectivity index (χ1n) is 5.57. The molecule has 2 rings (SSSR count). The summed E-state index contributed by atoms with van der Waals surface area (Å²) in [6.45, 7) is 3.14. The van der Waals surface area contributed by atoms with Gasteiger partial charge in [0.15, 0.2) is 0 Å². The second kappa shape index (κ2) is 4.29. The third-order valence-electron chi connectivity index (χ3n) is 3.20. The van der Waals surface area contributed by atoms with E-state index in [0.29, 0.717) is 6.04 Å². The maximum atomic E-state index is 6.17. The van der Waals surface area contributed by atoms with Crippen molar-refractivity contribution in [2.45, 2.75) is 31.8 Å². The fourth-order valence-corrected chi connectivity index (χ4v) is 2.36. The van der Waals surface area contributed by atoms with E-state index in [-0.39, 0.29) is 6.04 Å². The zero-order chi connectivity index (χ0) is 10.8. The minimum Gasteiger partial charge on any atom is -0.326 e. The van der Waals surface area contributed by atoms with Crippen molar-refractivity contribution in [1.29, 1.82) is 0 Å². The van der Waals surface area contributed by atoms with E-state index in [9.17, 15) is 0 Å². The van der Waals surface area contributed by atoms with Crippen LogP contribution in [-0.4, -0.2) is 29.5 Å². The molecule has 1 aromatic heterocycles. The number of hydrogen-bond acceptors (Lipinski definition) is 3. The average molecular weight is 205 g/mol. The van der Waals surface area contributed by atoms with Crippen molar-refractivity contribution in [1.82, 2.24) is 9.88 Å². The van der Waals surface area contributed by atoms with Crippen LogP contribution in [0.4, 0.5) is 0 Å². The van der Waals surface area contributed by atoms with Gasteiger partial charge in [0, 0.05) is 17.9 Å². The SMILES string of the molecule is Cc1ccc(C2C(N)CCCN2C)cn1. The smallest absolute Gasteiger partial charge is 0.0511 e. The van der Waals surface area contributed by atoms with Crippen LogP contribution in [0.15, 0.2) is 18.3 Å². The standard InChI is InChI=1S/C12H19N3/c1-9-5-6-10(8-14-9)12-11(13)4-3-7-15(12)2/h5-6,8,11-12H,3-4,7,13H2,1-2H3. The van der Waals surface area contributed by atoms with Gasteiger partial charge in [-0.05, 0) is 45.0 Å². The molecule has 2 heterocycles. The summed E-state index contributed by atoms with van der Waals surface area (Å²) < 4.78 is 0. The van der Waals surface area contributed by atoms with Crippen molar-refractivity contribution >= 4 is 0 Å². The summed E-state index contributed by atoms with van der Waals surface area (Å²) >= 11 is 0. The van der Waals surface area contributed by atoms with Crippen LogP contribution in [0.5, 0.6) is 0 Å². The summed E-state index contributed by atoms with van der Waals surface area (Å²) in [5.74, 6) is 0. The Bertz CT molecular complexity index is 310. The van der Waals surface area contributed by atoms with Gasteiger partial charge in [0.05, 0.1) is 6.04 Å². The van der Waals surface area contributed by atoms with Crippen molar-refractivity contribution in [2.75, 3.05) is 13.6 Å². The summed E-state index contributed by atoms with van der Waals surface area (Å²) in [5, 5.41) is 0. The lowest BCUT2D eigenvalue weighted by molar-refractivity contribution is 0.162. The minimum absolute atomic E-state index is 0.244. The molecule has 2 N–H and O–H groups in total. The Labute approximate surface area is 91.3 Å². The molecular formula is C12H19N3. The molecule has 0 amide bonds. The van der Waals surface area contributed by atoms with Crippen molar-refractivity contribution in [3.8, 4) is 0 Å². The van der Waals surface area contributed by atoms with Gasteiger partial charge in [0.2, 0.25) is 0 Å². The quantitative estimate of drug-likeness (QED) is 0.755. The number of aromatic nitrogens is 1. The van der Waals surface area contributed by atoms with Gasteiger partial charge in [0.1, 0.15) is 0 Å². The van der Waals surface area contributed by atoms with Crippen LogP contribution >= 0.6 is 0 Å². The average Bonchev–Trinajstić information content (AvgIpc) is 2.20. The molecule has 2 unspecified atom stereocenters. The van der Waals surface area contributed by atoms with Crippen molar-refractivity contribution in [3.05, 3.63) is 29.6 Å². The Morgan fingerprint density at radius 2 is 2.27 bits per heavy atom. The minimum atomic E-state index is 0.244. The molecule has 0 aliphatic carbocycles. The maximum Gasteiger partial charge on any atom is 0.0511 e. The third-order valence-corrected chi connectivity index (χ3v) is 3.20. The lowest BCUT2D eigenvalue weighted by Gasteiger charge is -2.37. The largest absolute Gasteiger partial charge is 0.326 e.